The molecule has 0 aliphatic carbocycles. The molecule has 19 heavy (non-hydrogen) atoms. The Kier molecular flexibility index (Phi) is 5.13. The molecule has 0 saturated carbocycles. The van der Waals surface area contributed by atoms with Crippen LogP contribution in [0.5, 0.6) is 5.75 Å². The molecule has 0 unspecified atom stereocenters. The van der Waals surface area contributed by atoms with E-state index in [4.69, 9.17) is 10.5 Å². The van der Waals surface area contributed by atoms with Crippen molar-refractivity contribution in [1.82, 2.24) is 0 Å². The molecule has 0 aliphatic heterocycles. The minimum atomic E-state index is -3.38. The maximum absolute atomic E-state index is 11.5. The number of nitrogens with one attached hydrogen (secondary N) is 2. The molecular weight excluding hydrogens is 270 g/mol. The van der Waals surface area contributed by atoms with Gasteiger partial charge in [0, 0.05) is 11.8 Å². The van der Waals surface area contributed by atoms with Gasteiger partial charge in [-0.2, -0.15) is 0 Å². The smallest absolute Gasteiger partial charge is 0.238 e. The number of benzene rings is 1. The first-order valence-corrected chi connectivity index (χ1v) is 7.25. The van der Waals surface area contributed by atoms with Gasteiger partial charge in [-0.15, -0.1) is 0 Å². The molecule has 0 aromatic heterocycles. The molecule has 0 bridgehead atoms. The van der Waals surface area contributed by atoms with Crippen LogP contribution in [0.1, 0.15) is 6.92 Å². The van der Waals surface area contributed by atoms with Crippen molar-refractivity contribution in [1.29, 1.82) is 0 Å². The van der Waals surface area contributed by atoms with Crippen LogP contribution in [-0.4, -0.2) is 33.7 Å². The number of sulfonamides is 1. The van der Waals surface area contributed by atoms with Crippen molar-refractivity contribution in [2.24, 2.45) is 5.73 Å². The van der Waals surface area contributed by atoms with Crippen LogP contribution >= 0.6 is 0 Å². The summed E-state index contributed by atoms with van der Waals surface area (Å²) in [6.45, 7) is 1.40. The molecule has 7 nitrogen and oxygen atoms in total. The van der Waals surface area contributed by atoms with Crippen molar-refractivity contribution in [2.75, 3.05) is 29.4 Å². The van der Waals surface area contributed by atoms with Gasteiger partial charge < -0.3 is 15.8 Å². The summed E-state index contributed by atoms with van der Waals surface area (Å²) < 4.78 is 30.5. The quantitative estimate of drug-likeness (QED) is 0.699. The maximum atomic E-state index is 11.5. The van der Waals surface area contributed by atoms with Crippen LogP contribution in [0.3, 0.4) is 0 Å². The third-order valence-electron chi connectivity index (χ3n) is 2.32. The van der Waals surface area contributed by atoms with Crippen molar-refractivity contribution in [2.45, 2.75) is 6.92 Å². The van der Waals surface area contributed by atoms with Gasteiger partial charge in [0.25, 0.3) is 0 Å². The average molecular weight is 287 g/mol. The van der Waals surface area contributed by atoms with Gasteiger partial charge in [0.15, 0.2) is 0 Å². The van der Waals surface area contributed by atoms with E-state index >= 15 is 0 Å². The normalized spacial score (nSPS) is 10.9. The van der Waals surface area contributed by atoms with Crippen LogP contribution in [0.4, 0.5) is 11.4 Å². The predicted octanol–water partition coefficient (Wildman–Crippen LogP) is 0.354. The summed E-state index contributed by atoms with van der Waals surface area (Å²) in [5.41, 5.74) is 5.98. The Morgan fingerprint density at radius 1 is 1.42 bits per heavy atom. The fourth-order valence-electron chi connectivity index (χ4n) is 1.31. The van der Waals surface area contributed by atoms with E-state index in [1.54, 1.807) is 6.07 Å². The number of anilines is 2. The van der Waals surface area contributed by atoms with E-state index in [-0.39, 0.29) is 18.2 Å². The highest BCUT2D eigenvalue weighted by molar-refractivity contribution is 7.92. The highest BCUT2D eigenvalue weighted by atomic mass is 32.2. The zero-order valence-electron chi connectivity index (χ0n) is 10.8. The zero-order chi connectivity index (χ0) is 14.5. The van der Waals surface area contributed by atoms with Crippen LogP contribution in [0.25, 0.3) is 0 Å². The lowest BCUT2D eigenvalue weighted by Crippen LogP contribution is -2.22. The first-order valence-electron chi connectivity index (χ1n) is 5.60. The molecule has 106 valence electrons. The lowest BCUT2D eigenvalue weighted by molar-refractivity contribution is -0.114. The largest absolute Gasteiger partial charge is 0.494 e. The molecule has 1 aromatic rings. The number of methoxy groups -OCH3 is 1. The summed E-state index contributed by atoms with van der Waals surface area (Å²) in [6, 6.07) is 4.59. The van der Waals surface area contributed by atoms with Gasteiger partial charge in [0.2, 0.25) is 15.9 Å². The Balaban J connectivity index is 3.00. The van der Waals surface area contributed by atoms with E-state index in [9.17, 15) is 13.2 Å². The van der Waals surface area contributed by atoms with Crippen LogP contribution in [0.15, 0.2) is 18.2 Å². The van der Waals surface area contributed by atoms with Crippen LogP contribution in [0.2, 0.25) is 0 Å². The van der Waals surface area contributed by atoms with E-state index in [1.165, 1.54) is 26.2 Å². The first-order chi connectivity index (χ1) is 8.91. The number of carbonyl (C=O) groups excluding carboxylic acids is 1. The van der Waals surface area contributed by atoms with Crippen molar-refractivity contribution in [3.8, 4) is 5.75 Å². The Morgan fingerprint density at radius 3 is 2.63 bits per heavy atom. The van der Waals surface area contributed by atoms with Gasteiger partial charge in [-0.25, -0.2) is 8.42 Å². The number of amides is 1. The Bertz CT molecular complexity index is 557. The van der Waals surface area contributed by atoms with E-state index in [0.29, 0.717) is 17.1 Å². The van der Waals surface area contributed by atoms with Gasteiger partial charge in [0.05, 0.1) is 25.1 Å². The number of hydrogen-bond acceptors (Lipinski definition) is 5. The van der Waals surface area contributed by atoms with Gasteiger partial charge in [-0.05, 0) is 19.1 Å². The summed E-state index contributed by atoms with van der Waals surface area (Å²) in [5, 5.41) is 2.55. The molecule has 1 aromatic carbocycles. The van der Waals surface area contributed by atoms with E-state index in [2.05, 4.69) is 10.0 Å². The minimum Gasteiger partial charge on any atom is -0.494 e. The highest BCUT2D eigenvalue weighted by Gasteiger charge is 2.12. The van der Waals surface area contributed by atoms with Crippen molar-refractivity contribution in [3.05, 3.63) is 18.2 Å². The molecule has 0 aliphatic rings. The minimum absolute atomic E-state index is 0.0399. The van der Waals surface area contributed by atoms with E-state index < -0.39 is 10.0 Å². The number of carbonyl (C=O) groups is 1. The van der Waals surface area contributed by atoms with Crippen molar-refractivity contribution < 1.29 is 17.9 Å². The maximum Gasteiger partial charge on any atom is 0.238 e. The Hall–Kier alpha value is -1.80. The van der Waals surface area contributed by atoms with Gasteiger partial charge in [-0.1, -0.05) is 0 Å². The summed E-state index contributed by atoms with van der Waals surface area (Å²) in [7, 11) is -1.97. The van der Waals surface area contributed by atoms with Gasteiger partial charge in [0.1, 0.15) is 5.75 Å². The lowest BCUT2D eigenvalue weighted by atomic mass is 10.2. The monoisotopic (exact) mass is 287 g/mol. The molecule has 1 amide bonds. The van der Waals surface area contributed by atoms with Crippen molar-refractivity contribution >= 4 is 27.3 Å². The van der Waals surface area contributed by atoms with E-state index in [1.807, 2.05) is 0 Å². The molecule has 0 saturated heterocycles. The molecular formula is C11H17N3O4S. The Morgan fingerprint density at radius 2 is 2.11 bits per heavy atom. The number of hydrogen-bond donors (Lipinski definition) is 3. The third kappa shape index (κ3) is 4.42. The molecule has 1 rings (SSSR count). The highest BCUT2D eigenvalue weighted by Crippen LogP contribution is 2.28. The summed E-state index contributed by atoms with van der Waals surface area (Å²) in [5.74, 6) is -0.0715. The average Bonchev–Trinajstić information content (AvgIpc) is 2.40. The molecule has 0 heterocycles. The Labute approximate surface area is 112 Å². The van der Waals surface area contributed by atoms with Crippen molar-refractivity contribution in [3.63, 3.8) is 0 Å². The first kappa shape index (κ1) is 15.3. The summed E-state index contributed by atoms with van der Waals surface area (Å²) in [6.07, 6.45) is 0. The SMILES string of the molecule is CCS(=O)(=O)Nc1ccc(NC(=O)CN)cc1OC. The number of nitrogens with two attached hydrogens (primary N) is 1. The predicted molar refractivity (Wildman–Crippen MR) is 73.8 cm³/mol. The fraction of sp³-hybridized carbons (Fsp3) is 0.364. The second-order valence-electron chi connectivity index (χ2n) is 3.67. The van der Waals surface area contributed by atoms with Crippen LogP contribution < -0.4 is 20.5 Å². The van der Waals surface area contributed by atoms with Gasteiger partial charge in [-0.3, -0.25) is 9.52 Å². The molecule has 4 N–H and O–H groups in total. The fourth-order valence-corrected chi connectivity index (χ4v) is 1.95. The van der Waals surface area contributed by atoms with Crippen LogP contribution in [0, 0.1) is 0 Å². The molecule has 0 spiro atoms. The molecule has 8 heteroatoms. The second kappa shape index (κ2) is 6.39. The third-order valence-corrected chi connectivity index (χ3v) is 3.61. The molecule has 0 fully saturated rings. The second-order valence-corrected chi connectivity index (χ2v) is 5.68. The topological polar surface area (TPSA) is 111 Å². The summed E-state index contributed by atoms with van der Waals surface area (Å²) >= 11 is 0. The summed E-state index contributed by atoms with van der Waals surface area (Å²) in [4.78, 5) is 11.2. The molecule has 0 atom stereocenters. The zero-order valence-corrected chi connectivity index (χ0v) is 11.6. The van der Waals surface area contributed by atoms with Crippen LogP contribution in [-0.2, 0) is 14.8 Å². The standard InChI is InChI=1S/C11H17N3O4S/c1-3-19(16,17)14-9-5-4-8(6-10(9)18-2)13-11(15)7-12/h4-6,14H,3,7,12H2,1-2H3,(H,13,15). The van der Waals surface area contributed by atoms with E-state index in [0.717, 1.165) is 0 Å². The number of rotatable bonds is 6. The van der Waals surface area contributed by atoms with Gasteiger partial charge >= 0.3 is 0 Å². The molecule has 0 radical (unpaired) electrons. The lowest BCUT2D eigenvalue weighted by Gasteiger charge is -2.12. The number of ether oxygens (including phenoxy) is 1.